The van der Waals surface area contributed by atoms with E-state index in [2.05, 4.69) is 31.5 Å². The van der Waals surface area contributed by atoms with Gasteiger partial charge in [0.25, 0.3) is 0 Å². The van der Waals surface area contributed by atoms with Gasteiger partial charge >= 0.3 is 6.03 Å². The number of hydrogen-bond donors (Lipinski definition) is 0. The number of fused-ring (bicyclic) bond motifs is 1. The van der Waals surface area contributed by atoms with Crippen molar-refractivity contribution in [3.63, 3.8) is 0 Å². The van der Waals surface area contributed by atoms with Gasteiger partial charge in [0.15, 0.2) is 0 Å². The van der Waals surface area contributed by atoms with Gasteiger partial charge in [-0.2, -0.15) is 11.3 Å². The van der Waals surface area contributed by atoms with Gasteiger partial charge in [-0.3, -0.25) is 4.90 Å². The molecule has 0 radical (unpaired) electrons. The van der Waals surface area contributed by atoms with Crippen LogP contribution in [0.15, 0.2) is 16.8 Å². The first-order valence-corrected chi connectivity index (χ1v) is 9.06. The monoisotopic (exact) mass is 305 g/mol. The van der Waals surface area contributed by atoms with Crippen molar-refractivity contribution in [2.45, 2.75) is 44.3 Å². The Balaban J connectivity index is 1.32. The van der Waals surface area contributed by atoms with Crippen LogP contribution in [-0.4, -0.2) is 59.0 Å². The van der Waals surface area contributed by atoms with E-state index < -0.39 is 0 Å². The average Bonchev–Trinajstić information content (AvgIpc) is 3.20. The lowest BCUT2D eigenvalue weighted by Crippen LogP contribution is -2.46. The van der Waals surface area contributed by atoms with E-state index in [9.17, 15) is 4.79 Å². The Labute approximate surface area is 130 Å². The average molecular weight is 305 g/mol. The molecule has 3 aliphatic rings. The molecule has 5 heteroatoms. The summed E-state index contributed by atoms with van der Waals surface area (Å²) in [6.45, 7) is 5.27. The molecule has 0 saturated carbocycles. The van der Waals surface area contributed by atoms with E-state index in [1.54, 1.807) is 11.3 Å². The van der Waals surface area contributed by atoms with Crippen LogP contribution >= 0.6 is 11.3 Å². The topological polar surface area (TPSA) is 26.8 Å². The minimum Gasteiger partial charge on any atom is -0.320 e. The predicted molar refractivity (Wildman–Crippen MR) is 84.4 cm³/mol. The highest BCUT2D eigenvalue weighted by Gasteiger charge is 2.43. The number of carbonyl (C=O) groups is 1. The largest absolute Gasteiger partial charge is 0.320 e. The van der Waals surface area contributed by atoms with E-state index in [0.29, 0.717) is 18.1 Å². The van der Waals surface area contributed by atoms with Crippen LogP contribution in [0.2, 0.25) is 0 Å². The molecule has 2 amide bonds. The van der Waals surface area contributed by atoms with E-state index in [1.807, 2.05) is 0 Å². The van der Waals surface area contributed by atoms with Gasteiger partial charge in [-0.25, -0.2) is 4.79 Å². The maximum absolute atomic E-state index is 12.5. The molecule has 0 aliphatic carbocycles. The molecular weight excluding hydrogens is 282 g/mol. The Morgan fingerprint density at radius 1 is 1.10 bits per heavy atom. The van der Waals surface area contributed by atoms with Gasteiger partial charge < -0.3 is 9.80 Å². The summed E-state index contributed by atoms with van der Waals surface area (Å²) in [5, 5.41) is 4.39. The Hall–Kier alpha value is -1.07. The molecule has 4 heterocycles. The number of urea groups is 1. The van der Waals surface area contributed by atoms with E-state index in [0.717, 1.165) is 45.6 Å². The fraction of sp³-hybridized carbons (Fsp3) is 0.688. The van der Waals surface area contributed by atoms with Crippen LogP contribution in [-0.2, 0) is 6.54 Å². The maximum Gasteiger partial charge on any atom is 0.320 e. The lowest BCUT2D eigenvalue weighted by molar-refractivity contribution is 0.126. The molecule has 3 fully saturated rings. The highest BCUT2D eigenvalue weighted by Crippen LogP contribution is 2.30. The summed E-state index contributed by atoms with van der Waals surface area (Å²) in [7, 11) is 0. The second-order valence-corrected chi connectivity index (χ2v) is 7.34. The first-order valence-electron chi connectivity index (χ1n) is 8.12. The van der Waals surface area contributed by atoms with Crippen LogP contribution < -0.4 is 0 Å². The highest BCUT2D eigenvalue weighted by atomic mass is 32.1. The van der Waals surface area contributed by atoms with E-state index in [4.69, 9.17) is 0 Å². The summed E-state index contributed by atoms with van der Waals surface area (Å²) in [5.41, 5.74) is 1.43. The molecule has 0 N–H and O–H groups in total. The zero-order chi connectivity index (χ0) is 14.2. The van der Waals surface area contributed by atoms with Crippen LogP contribution in [0.1, 0.15) is 31.2 Å². The van der Waals surface area contributed by atoms with E-state index in [-0.39, 0.29) is 0 Å². The molecule has 1 atom stereocenters. The quantitative estimate of drug-likeness (QED) is 0.858. The molecule has 1 unspecified atom stereocenters. The Morgan fingerprint density at radius 3 is 2.67 bits per heavy atom. The zero-order valence-corrected chi connectivity index (χ0v) is 13.2. The van der Waals surface area contributed by atoms with Gasteiger partial charge in [-0.1, -0.05) is 0 Å². The number of hydrogen-bond acceptors (Lipinski definition) is 3. The third-order valence-electron chi connectivity index (χ3n) is 5.26. The number of piperidine rings is 1. The third kappa shape index (κ3) is 2.57. The van der Waals surface area contributed by atoms with Crippen LogP contribution in [0.3, 0.4) is 0 Å². The van der Waals surface area contributed by atoms with Gasteiger partial charge in [0.05, 0.1) is 6.04 Å². The number of likely N-dealkylation sites (tertiary alicyclic amines) is 1. The van der Waals surface area contributed by atoms with E-state index in [1.165, 1.54) is 18.4 Å². The molecule has 21 heavy (non-hydrogen) atoms. The first kappa shape index (κ1) is 13.6. The molecule has 0 spiro atoms. The lowest BCUT2D eigenvalue weighted by Gasteiger charge is -2.36. The fourth-order valence-electron chi connectivity index (χ4n) is 4.08. The minimum absolute atomic E-state index is 0.314. The van der Waals surface area contributed by atoms with Crippen molar-refractivity contribution in [2.75, 3.05) is 26.2 Å². The summed E-state index contributed by atoms with van der Waals surface area (Å²) in [6, 6.07) is 3.52. The zero-order valence-electron chi connectivity index (χ0n) is 12.4. The molecule has 4 nitrogen and oxygen atoms in total. The smallest absolute Gasteiger partial charge is 0.320 e. The number of rotatable bonds is 3. The van der Waals surface area contributed by atoms with Crippen molar-refractivity contribution in [1.82, 2.24) is 14.7 Å². The van der Waals surface area contributed by atoms with Crippen LogP contribution in [0.4, 0.5) is 4.79 Å². The molecule has 3 saturated heterocycles. The number of amides is 2. The summed E-state index contributed by atoms with van der Waals surface area (Å²) in [5.74, 6) is 0. The second-order valence-electron chi connectivity index (χ2n) is 6.56. The molecule has 3 aliphatic heterocycles. The van der Waals surface area contributed by atoms with Gasteiger partial charge in [0, 0.05) is 38.8 Å². The van der Waals surface area contributed by atoms with Crippen molar-refractivity contribution in [3.05, 3.63) is 22.4 Å². The fourth-order valence-corrected chi connectivity index (χ4v) is 4.74. The van der Waals surface area contributed by atoms with Crippen molar-refractivity contribution >= 4 is 17.4 Å². The van der Waals surface area contributed by atoms with Gasteiger partial charge in [0.1, 0.15) is 0 Å². The lowest BCUT2D eigenvalue weighted by atomic mass is 10.0. The van der Waals surface area contributed by atoms with Crippen molar-refractivity contribution in [3.8, 4) is 0 Å². The Kier molecular flexibility index (Phi) is 3.63. The predicted octanol–water partition coefficient (Wildman–Crippen LogP) is 2.61. The molecule has 1 aromatic heterocycles. The van der Waals surface area contributed by atoms with Gasteiger partial charge in [-0.05, 0) is 48.1 Å². The SMILES string of the molecule is O=C1N2CCCC2CN1C1CCN(Cc2ccsc2)CC1. The summed E-state index contributed by atoms with van der Waals surface area (Å²) < 4.78 is 0. The van der Waals surface area contributed by atoms with Crippen LogP contribution in [0.25, 0.3) is 0 Å². The number of carbonyl (C=O) groups excluding carboxylic acids is 1. The summed E-state index contributed by atoms with van der Waals surface area (Å²) >= 11 is 1.77. The summed E-state index contributed by atoms with van der Waals surface area (Å²) in [6.07, 6.45) is 4.68. The molecular formula is C16H23N3OS. The maximum atomic E-state index is 12.5. The van der Waals surface area contributed by atoms with Crippen molar-refractivity contribution < 1.29 is 4.79 Å². The Morgan fingerprint density at radius 2 is 1.95 bits per heavy atom. The number of nitrogens with zero attached hydrogens (tertiary/aromatic N) is 3. The standard InChI is InChI=1S/C16H23N3OS/c20-16-18-6-1-2-15(18)11-19(16)14-3-7-17(8-4-14)10-13-5-9-21-12-13/h5,9,12,14-15H,1-4,6-8,10-11H2. The van der Waals surface area contributed by atoms with Gasteiger partial charge in [0.2, 0.25) is 0 Å². The first-order chi connectivity index (χ1) is 10.3. The Bertz CT molecular complexity index is 496. The molecule has 0 bridgehead atoms. The minimum atomic E-state index is 0.314. The van der Waals surface area contributed by atoms with E-state index >= 15 is 0 Å². The molecule has 114 valence electrons. The molecule has 1 aromatic rings. The third-order valence-corrected chi connectivity index (χ3v) is 5.99. The molecule has 4 rings (SSSR count). The molecule has 0 aromatic carbocycles. The van der Waals surface area contributed by atoms with Crippen LogP contribution in [0.5, 0.6) is 0 Å². The van der Waals surface area contributed by atoms with Crippen molar-refractivity contribution in [2.24, 2.45) is 0 Å². The van der Waals surface area contributed by atoms with Crippen LogP contribution in [0, 0.1) is 0 Å². The summed E-state index contributed by atoms with van der Waals surface area (Å²) in [4.78, 5) is 19.3. The normalized spacial score (nSPS) is 27.6. The van der Waals surface area contributed by atoms with Crippen molar-refractivity contribution in [1.29, 1.82) is 0 Å². The highest BCUT2D eigenvalue weighted by molar-refractivity contribution is 7.07. The van der Waals surface area contributed by atoms with Gasteiger partial charge in [-0.15, -0.1) is 0 Å². The number of thiophene rings is 1. The second kappa shape index (κ2) is 5.61.